The zero-order valence-corrected chi connectivity index (χ0v) is 13.2. The third-order valence-electron chi connectivity index (χ3n) is 3.48. The van der Waals surface area contributed by atoms with Gasteiger partial charge in [-0.2, -0.15) is 0 Å². The van der Waals surface area contributed by atoms with Crippen LogP contribution in [0.4, 0.5) is 5.13 Å². The number of nitrogens with one attached hydrogen (secondary N) is 1. The molecular weight excluding hydrogens is 300 g/mol. The summed E-state index contributed by atoms with van der Waals surface area (Å²) in [6.45, 7) is 2.28. The van der Waals surface area contributed by atoms with Gasteiger partial charge in [0.25, 0.3) is 0 Å². The van der Waals surface area contributed by atoms with Gasteiger partial charge in [-0.15, -0.1) is 11.3 Å². The highest BCUT2D eigenvalue weighted by Gasteiger charge is 2.12. The molecule has 7 heteroatoms. The summed E-state index contributed by atoms with van der Waals surface area (Å²) in [5.74, 6) is -0.144. The monoisotopic (exact) mass is 316 g/mol. The van der Waals surface area contributed by atoms with E-state index >= 15 is 0 Å². The molecule has 0 unspecified atom stereocenters. The normalized spacial score (nSPS) is 11.0. The zero-order valence-electron chi connectivity index (χ0n) is 12.4. The Morgan fingerprint density at radius 3 is 2.73 bits per heavy atom. The highest BCUT2D eigenvalue weighted by molar-refractivity contribution is 7.15. The Kier molecular flexibility index (Phi) is 3.81. The van der Waals surface area contributed by atoms with Crippen molar-refractivity contribution in [2.45, 2.75) is 19.9 Å². The predicted octanol–water partition coefficient (Wildman–Crippen LogP) is 2.13. The summed E-state index contributed by atoms with van der Waals surface area (Å²) in [7, 11) is 1.74. The number of aromatic nitrogens is 3. The summed E-state index contributed by atoms with van der Waals surface area (Å²) in [5, 5.41) is 3.34. The highest BCUT2D eigenvalue weighted by Crippen LogP contribution is 2.17. The molecule has 0 saturated heterocycles. The van der Waals surface area contributed by atoms with Gasteiger partial charge in [0.1, 0.15) is 0 Å². The molecule has 0 atom stereocenters. The van der Waals surface area contributed by atoms with E-state index in [1.165, 1.54) is 11.3 Å². The number of aryl methyl sites for hydroxylation is 3. The highest BCUT2D eigenvalue weighted by atomic mass is 32.1. The van der Waals surface area contributed by atoms with Crippen LogP contribution in [0.1, 0.15) is 11.3 Å². The number of carbonyl (C=O) groups is 1. The number of benzene rings is 1. The molecule has 2 heterocycles. The molecule has 2 aromatic heterocycles. The minimum Gasteiger partial charge on any atom is -0.302 e. The molecular formula is C15H16N4O2S. The lowest BCUT2D eigenvalue weighted by Crippen LogP contribution is -2.24. The molecule has 0 saturated carbocycles. The fourth-order valence-electron chi connectivity index (χ4n) is 2.39. The topological polar surface area (TPSA) is 68.9 Å². The summed E-state index contributed by atoms with van der Waals surface area (Å²) < 4.78 is 3.22. The van der Waals surface area contributed by atoms with Gasteiger partial charge in [-0.25, -0.2) is 9.78 Å². The summed E-state index contributed by atoms with van der Waals surface area (Å²) in [6.07, 6.45) is 1.95. The van der Waals surface area contributed by atoms with Crippen LogP contribution in [0.3, 0.4) is 0 Å². The maximum atomic E-state index is 12.2. The zero-order chi connectivity index (χ0) is 15.7. The van der Waals surface area contributed by atoms with Crippen molar-refractivity contribution in [1.82, 2.24) is 14.1 Å². The smallest absolute Gasteiger partial charge is 0.302 e. The fraction of sp³-hybridized carbons (Fsp3) is 0.267. The number of hydrogen-bond acceptors (Lipinski definition) is 4. The SMILES string of the molecule is Cc1cnc(NC(=O)CCn2c(=O)n(C)c3ccccc32)s1. The van der Waals surface area contributed by atoms with E-state index in [4.69, 9.17) is 0 Å². The first-order chi connectivity index (χ1) is 10.6. The number of nitrogens with zero attached hydrogens (tertiary/aromatic N) is 3. The lowest BCUT2D eigenvalue weighted by Gasteiger charge is -2.03. The quantitative estimate of drug-likeness (QED) is 0.802. The number of fused-ring (bicyclic) bond motifs is 1. The van der Waals surface area contributed by atoms with Crippen LogP contribution in [0.25, 0.3) is 11.0 Å². The van der Waals surface area contributed by atoms with Crippen LogP contribution < -0.4 is 11.0 Å². The maximum Gasteiger partial charge on any atom is 0.328 e. The molecule has 0 bridgehead atoms. The molecule has 0 aliphatic rings. The molecule has 0 spiro atoms. The van der Waals surface area contributed by atoms with E-state index in [9.17, 15) is 9.59 Å². The number of carbonyl (C=O) groups excluding carboxylic acids is 1. The Balaban J connectivity index is 1.75. The minimum absolute atomic E-state index is 0.112. The Labute approximate surface area is 131 Å². The molecule has 0 radical (unpaired) electrons. The number of amides is 1. The van der Waals surface area contributed by atoms with Crippen molar-refractivity contribution < 1.29 is 4.79 Å². The first-order valence-electron chi connectivity index (χ1n) is 6.93. The lowest BCUT2D eigenvalue weighted by atomic mass is 10.3. The lowest BCUT2D eigenvalue weighted by molar-refractivity contribution is -0.116. The fourth-order valence-corrected chi connectivity index (χ4v) is 3.07. The van der Waals surface area contributed by atoms with Gasteiger partial charge in [0.05, 0.1) is 11.0 Å². The summed E-state index contributed by atoms with van der Waals surface area (Å²) in [6, 6.07) is 7.56. The van der Waals surface area contributed by atoms with E-state index < -0.39 is 0 Å². The van der Waals surface area contributed by atoms with Crippen molar-refractivity contribution in [3.63, 3.8) is 0 Å². The van der Waals surface area contributed by atoms with Crippen LogP contribution in [0, 0.1) is 6.92 Å². The van der Waals surface area contributed by atoms with Gasteiger partial charge in [0, 0.05) is 31.1 Å². The van der Waals surface area contributed by atoms with E-state index in [0.29, 0.717) is 11.7 Å². The molecule has 1 aromatic carbocycles. The van der Waals surface area contributed by atoms with Crippen molar-refractivity contribution in [2.24, 2.45) is 7.05 Å². The van der Waals surface area contributed by atoms with Crippen molar-refractivity contribution in [1.29, 1.82) is 0 Å². The second kappa shape index (κ2) is 5.76. The number of imidazole rings is 1. The largest absolute Gasteiger partial charge is 0.328 e. The van der Waals surface area contributed by atoms with Crippen molar-refractivity contribution >= 4 is 33.4 Å². The molecule has 114 valence electrons. The standard InChI is InChI=1S/C15H16N4O2S/c1-10-9-16-14(22-10)17-13(20)7-8-19-12-6-4-3-5-11(12)18(2)15(19)21/h3-6,9H,7-8H2,1-2H3,(H,16,17,20). The first-order valence-corrected chi connectivity index (χ1v) is 7.74. The van der Waals surface area contributed by atoms with Gasteiger partial charge >= 0.3 is 5.69 Å². The van der Waals surface area contributed by atoms with Crippen LogP contribution >= 0.6 is 11.3 Å². The van der Waals surface area contributed by atoms with Gasteiger partial charge in [0.2, 0.25) is 5.91 Å². The van der Waals surface area contributed by atoms with Crippen LogP contribution in [0.2, 0.25) is 0 Å². The molecule has 0 aliphatic heterocycles. The summed E-state index contributed by atoms with van der Waals surface area (Å²) >= 11 is 1.43. The van der Waals surface area contributed by atoms with Crippen LogP contribution in [0.15, 0.2) is 35.3 Å². The van der Waals surface area contributed by atoms with Crippen LogP contribution in [0.5, 0.6) is 0 Å². The average Bonchev–Trinajstić information content (AvgIpc) is 3.01. The molecule has 6 nitrogen and oxygen atoms in total. The van der Waals surface area contributed by atoms with Crippen LogP contribution in [-0.4, -0.2) is 20.0 Å². The number of rotatable bonds is 4. The third-order valence-corrected chi connectivity index (χ3v) is 4.31. The van der Waals surface area contributed by atoms with Gasteiger partial charge < -0.3 is 5.32 Å². The van der Waals surface area contributed by atoms with E-state index in [2.05, 4.69) is 10.3 Å². The van der Waals surface area contributed by atoms with Crippen molar-refractivity contribution in [2.75, 3.05) is 5.32 Å². The van der Waals surface area contributed by atoms with Crippen molar-refractivity contribution in [3.8, 4) is 0 Å². The van der Waals surface area contributed by atoms with Gasteiger partial charge in [-0.1, -0.05) is 12.1 Å². The first kappa shape index (κ1) is 14.5. The molecule has 0 aliphatic carbocycles. The van der Waals surface area contributed by atoms with E-state index in [1.807, 2.05) is 31.2 Å². The maximum absolute atomic E-state index is 12.2. The Hall–Kier alpha value is -2.41. The second-order valence-electron chi connectivity index (χ2n) is 5.06. The van der Waals surface area contributed by atoms with E-state index in [1.54, 1.807) is 22.4 Å². The molecule has 0 fully saturated rings. The summed E-state index contributed by atoms with van der Waals surface area (Å²) in [4.78, 5) is 29.4. The van der Waals surface area contributed by atoms with Crippen LogP contribution in [-0.2, 0) is 18.4 Å². The Morgan fingerprint density at radius 2 is 2.05 bits per heavy atom. The number of anilines is 1. The molecule has 3 aromatic rings. The number of hydrogen-bond donors (Lipinski definition) is 1. The number of para-hydroxylation sites is 2. The van der Waals surface area contributed by atoms with Gasteiger partial charge in [-0.3, -0.25) is 13.9 Å². The minimum atomic E-state index is -0.144. The molecule has 1 N–H and O–H groups in total. The number of thiazole rings is 1. The van der Waals surface area contributed by atoms with Gasteiger partial charge in [0.15, 0.2) is 5.13 Å². The molecule has 3 rings (SSSR count). The molecule has 1 amide bonds. The third kappa shape index (κ3) is 2.67. The van der Waals surface area contributed by atoms with Crippen molar-refractivity contribution in [3.05, 3.63) is 45.8 Å². The average molecular weight is 316 g/mol. The van der Waals surface area contributed by atoms with Gasteiger partial charge in [-0.05, 0) is 19.1 Å². The second-order valence-corrected chi connectivity index (χ2v) is 6.29. The van der Waals surface area contributed by atoms with E-state index in [0.717, 1.165) is 15.9 Å². The Bertz CT molecular complexity index is 890. The predicted molar refractivity (Wildman–Crippen MR) is 87.3 cm³/mol. The molecule has 22 heavy (non-hydrogen) atoms. The summed E-state index contributed by atoms with van der Waals surface area (Å²) in [5.41, 5.74) is 1.59. The Morgan fingerprint density at radius 1 is 1.32 bits per heavy atom. The van der Waals surface area contributed by atoms with E-state index in [-0.39, 0.29) is 18.0 Å².